The average Bonchev–Trinajstić information content (AvgIpc) is 2.91. The van der Waals surface area contributed by atoms with E-state index in [1.54, 1.807) is 18.2 Å². The van der Waals surface area contributed by atoms with E-state index in [1.807, 2.05) is 24.8 Å². The van der Waals surface area contributed by atoms with Gasteiger partial charge >= 0.3 is 0 Å². The fourth-order valence-corrected chi connectivity index (χ4v) is 4.65. The Kier molecular flexibility index (Phi) is 8.48. The molecule has 0 aliphatic carbocycles. The van der Waals surface area contributed by atoms with Crippen molar-refractivity contribution in [3.05, 3.63) is 46.0 Å². The Labute approximate surface area is 211 Å². The van der Waals surface area contributed by atoms with Crippen LogP contribution in [0.4, 0.5) is 22.7 Å². The predicted molar refractivity (Wildman–Crippen MR) is 139 cm³/mol. The van der Waals surface area contributed by atoms with Crippen LogP contribution >= 0.6 is 0 Å². The van der Waals surface area contributed by atoms with Crippen molar-refractivity contribution in [1.29, 1.82) is 0 Å². The van der Waals surface area contributed by atoms with E-state index in [2.05, 4.69) is 10.2 Å². The molecular weight excluding hydrogens is 464 g/mol. The van der Waals surface area contributed by atoms with Crippen molar-refractivity contribution >= 4 is 28.7 Å². The summed E-state index contributed by atoms with van der Waals surface area (Å²) in [7, 11) is 0. The number of hydrogen-bond acceptors (Lipinski definition) is 8. The molecular formula is C26H34N4O6. The van der Waals surface area contributed by atoms with Gasteiger partial charge in [0.2, 0.25) is 0 Å². The van der Waals surface area contributed by atoms with E-state index in [4.69, 9.17) is 14.2 Å². The third kappa shape index (κ3) is 5.81. The quantitative estimate of drug-likeness (QED) is 0.399. The van der Waals surface area contributed by atoms with Crippen molar-refractivity contribution in [3.63, 3.8) is 0 Å². The molecule has 2 aliphatic rings. The topological polar surface area (TPSA) is 106 Å². The number of nitrogens with one attached hydrogen (secondary N) is 1. The van der Waals surface area contributed by atoms with Crippen LogP contribution in [0.5, 0.6) is 11.5 Å². The Morgan fingerprint density at radius 1 is 0.944 bits per heavy atom. The third-order valence-electron chi connectivity index (χ3n) is 6.39. The van der Waals surface area contributed by atoms with Crippen molar-refractivity contribution < 1.29 is 23.9 Å². The molecule has 10 heteroatoms. The van der Waals surface area contributed by atoms with Gasteiger partial charge in [-0.1, -0.05) is 0 Å². The highest BCUT2D eigenvalue weighted by Crippen LogP contribution is 2.40. The second-order valence-corrected chi connectivity index (χ2v) is 8.74. The number of nitrogens with zero attached hydrogens (tertiary/aromatic N) is 3. The molecule has 0 saturated carbocycles. The second kappa shape index (κ2) is 11.9. The first-order valence-corrected chi connectivity index (χ1v) is 12.6. The molecule has 0 aromatic heterocycles. The van der Waals surface area contributed by atoms with Gasteiger partial charge in [0, 0.05) is 49.9 Å². The number of anilines is 3. The summed E-state index contributed by atoms with van der Waals surface area (Å²) < 4.78 is 17.2. The van der Waals surface area contributed by atoms with Gasteiger partial charge < -0.3 is 29.3 Å². The number of carbonyl (C=O) groups is 1. The van der Waals surface area contributed by atoms with Crippen molar-refractivity contribution in [3.8, 4) is 11.5 Å². The van der Waals surface area contributed by atoms with Crippen molar-refractivity contribution in [2.24, 2.45) is 0 Å². The number of amides is 1. The summed E-state index contributed by atoms with van der Waals surface area (Å²) in [5.41, 5.74) is 2.03. The van der Waals surface area contributed by atoms with E-state index in [1.165, 1.54) is 6.07 Å². The molecule has 194 valence electrons. The third-order valence-corrected chi connectivity index (χ3v) is 6.39. The molecule has 0 bridgehead atoms. The van der Waals surface area contributed by atoms with Gasteiger partial charge in [-0.15, -0.1) is 0 Å². The van der Waals surface area contributed by atoms with Gasteiger partial charge in [-0.2, -0.15) is 0 Å². The number of hydrogen-bond donors (Lipinski definition) is 1. The minimum Gasteiger partial charge on any atom is -0.492 e. The van der Waals surface area contributed by atoms with Crippen molar-refractivity contribution in [2.45, 2.75) is 33.1 Å². The van der Waals surface area contributed by atoms with Gasteiger partial charge in [0.1, 0.15) is 17.2 Å². The fourth-order valence-electron chi connectivity index (χ4n) is 4.65. The first kappa shape index (κ1) is 25.6. The molecule has 1 N–H and O–H groups in total. The van der Waals surface area contributed by atoms with Gasteiger partial charge in [-0.25, -0.2) is 0 Å². The van der Waals surface area contributed by atoms with Crippen LogP contribution in [0.25, 0.3) is 0 Å². The molecule has 2 aromatic carbocycles. The minimum atomic E-state index is -0.453. The molecule has 0 spiro atoms. The Morgan fingerprint density at radius 2 is 1.61 bits per heavy atom. The normalized spacial score (nSPS) is 15.9. The van der Waals surface area contributed by atoms with Crippen LogP contribution < -0.4 is 24.6 Å². The molecule has 4 rings (SSSR count). The number of benzene rings is 2. The van der Waals surface area contributed by atoms with Crippen LogP contribution in [0.15, 0.2) is 30.3 Å². The number of carbonyl (C=O) groups excluding carboxylic acids is 1. The maximum absolute atomic E-state index is 13.2. The summed E-state index contributed by atoms with van der Waals surface area (Å²) in [6.45, 7) is 8.91. The standard InChI is InChI=1S/C26H34N4O6/c1-3-35-24-18-23(29-12-14-34-15-13-29)25(36-4-2)17-20(24)27-26(31)19-8-9-21(22(16-19)30(32)33)28-10-6-5-7-11-28/h8-9,16-18H,3-7,10-15H2,1-2H3,(H,27,31). The van der Waals surface area contributed by atoms with Crippen molar-refractivity contribution in [2.75, 3.05) is 67.7 Å². The number of nitro benzene ring substituents is 1. The van der Waals surface area contributed by atoms with Crippen LogP contribution in [0.1, 0.15) is 43.5 Å². The van der Waals surface area contributed by atoms with Crippen LogP contribution in [0.3, 0.4) is 0 Å². The molecule has 0 atom stereocenters. The molecule has 0 radical (unpaired) electrons. The summed E-state index contributed by atoms with van der Waals surface area (Å²) in [6, 6.07) is 8.30. The smallest absolute Gasteiger partial charge is 0.293 e. The minimum absolute atomic E-state index is 0.0627. The molecule has 2 aromatic rings. The van der Waals surface area contributed by atoms with Crippen LogP contribution in [-0.2, 0) is 4.74 Å². The predicted octanol–water partition coefficient (Wildman–Crippen LogP) is 4.47. The van der Waals surface area contributed by atoms with E-state index in [9.17, 15) is 14.9 Å². The van der Waals surface area contributed by atoms with E-state index in [0.29, 0.717) is 49.3 Å². The molecule has 2 saturated heterocycles. The highest BCUT2D eigenvalue weighted by molar-refractivity contribution is 6.06. The largest absolute Gasteiger partial charge is 0.492 e. The summed E-state index contributed by atoms with van der Waals surface area (Å²) >= 11 is 0. The first-order chi connectivity index (χ1) is 17.5. The average molecular weight is 499 g/mol. The zero-order chi connectivity index (χ0) is 25.5. The van der Waals surface area contributed by atoms with Crippen LogP contribution in [-0.4, -0.2) is 63.4 Å². The number of piperidine rings is 1. The molecule has 2 aliphatic heterocycles. The van der Waals surface area contributed by atoms with E-state index < -0.39 is 10.8 Å². The Morgan fingerprint density at radius 3 is 2.28 bits per heavy atom. The van der Waals surface area contributed by atoms with Gasteiger partial charge in [0.15, 0.2) is 0 Å². The molecule has 36 heavy (non-hydrogen) atoms. The lowest BCUT2D eigenvalue weighted by Crippen LogP contribution is -2.36. The van der Waals surface area contributed by atoms with Gasteiger partial charge in [0.25, 0.3) is 11.6 Å². The van der Waals surface area contributed by atoms with E-state index in [0.717, 1.165) is 51.1 Å². The van der Waals surface area contributed by atoms with Gasteiger partial charge in [-0.3, -0.25) is 14.9 Å². The molecule has 2 fully saturated rings. The summed E-state index contributed by atoms with van der Waals surface area (Å²) in [6.07, 6.45) is 3.13. The van der Waals surface area contributed by atoms with Crippen molar-refractivity contribution in [1.82, 2.24) is 0 Å². The van der Waals surface area contributed by atoms with Crippen LogP contribution in [0.2, 0.25) is 0 Å². The Balaban J connectivity index is 1.63. The Hall–Kier alpha value is -3.53. The SMILES string of the molecule is CCOc1cc(N2CCOCC2)c(OCC)cc1NC(=O)c1ccc(N2CCCCC2)c([N+](=O)[O-])c1. The summed E-state index contributed by atoms with van der Waals surface area (Å²) in [4.78, 5) is 28.8. The van der Waals surface area contributed by atoms with Crippen LogP contribution in [0, 0.1) is 10.1 Å². The lowest BCUT2D eigenvalue weighted by atomic mass is 10.1. The molecule has 2 heterocycles. The van der Waals surface area contributed by atoms with E-state index in [-0.39, 0.29) is 11.3 Å². The maximum atomic E-state index is 13.2. The number of ether oxygens (including phenoxy) is 3. The highest BCUT2D eigenvalue weighted by Gasteiger charge is 2.25. The number of morpholine rings is 1. The summed E-state index contributed by atoms with van der Waals surface area (Å²) in [5.74, 6) is 0.686. The lowest BCUT2D eigenvalue weighted by molar-refractivity contribution is -0.384. The van der Waals surface area contributed by atoms with Gasteiger partial charge in [-0.05, 0) is 45.2 Å². The molecule has 1 amide bonds. The monoisotopic (exact) mass is 498 g/mol. The second-order valence-electron chi connectivity index (χ2n) is 8.74. The lowest BCUT2D eigenvalue weighted by Gasteiger charge is -2.31. The number of rotatable bonds is 9. The highest BCUT2D eigenvalue weighted by atomic mass is 16.6. The van der Waals surface area contributed by atoms with E-state index >= 15 is 0 Å². The summed E-state index contributed by atoms with van der Waals surface area (Å²) in [5, 5.41) is 14.7. The zero-order valence-electron chi connectivity index (χ0n) is 21.0. The zero-order valence-corrected chi connectivity index (χ0v) is 21.0. The van der Waals surface area contributed by atoms with Gasteiger partial charge in [0.05, 0.1) is 42.7 Å². The molecule has 0 unspecified atom stereocenters. The molecule has 10 nitrogen and oxygen atoms in total. The number of nitro groups is 1. The maximum Gasteiger partial charge on any atom is 0.293 e. The first-order valence-electron chi connectivity index (χ1n) is 12.6. The Bertz CT molecular complexity index is 1080. The fraction of sp³-hybridized carbons (Fsp3) is 0.500.